The first kappa shape index (κ1) is 19.5. The molecule has 2 heterocycles. The zero-order chi connectivity index (χ0) is 20.2. The van der Waals surface area contributed by atoms with Crippen LogP contribution >= 0.6 is 11.6 Å². The summed E-state index contributed by atoms with van der Waals surface area (Å²) >= 11 is 6.50. The first-order valence-corrected chi connectivity index (χ1v) is 11.2. The quantitative estimate of drug-likeness (QED) is 0.527. The summed E-state index contributed by atoms with van der Waals surface area (Å²) in [5, 5.41) is 1.46. The van der Waals surface area contributed by atoms with Crippen molar-refractivity contribution in [3.8, 4) is 0 Å². The van der Waals surface area contributed by atoms with Crippen LogP contribution in [0.5, 0.6) is 0 Å². The molecule has 6 heteroatoms. The molecule has 3 nitrogen and oxygen atoms in total. The van der Waals surface area contributed by atoms with E-state index in [1.165, 1.54) is 12.8 Å². The van der Waals surface area contributed by atoms with E-state index < -0.39 is 5.92 Å². The van der Waals surface area contributed by atoms with Crippen molar-refractivity contribution in [2.75, 3.05) is 13.1 Å². The number of halogens is 3. The highest BCUT2D eigenvalue weighted by molar-refractivity contribution is 6.37. The van der Waals surface area contributed by atoms with Crippen LogP contribution in [0.1, 0.15) is 67.8 Å². The molecule has 0 unspecified atom stereocenters. The second kappa shape index (κ2) is 7.35. The number of fused-ring (bicyclic) bond motifs is 1. The minimum absolute atomic E-state index is 0.0455. The third-order valence-electron chi connectivity index (χ3n) is 7.07. The fourth-order valence-electron chi connectivity index (χ4n) is 5.04. The van der Waals surface area contributed by atoms with Gasteiger partial charge in [-0.1, -0.05) is 17.7 Å². The van der Waals surface area contributed by atoms with E-state index in [0.717, 1.165) is 30.0 Å². The Morgan fingerprint density at radius 2 is 1.83 bits per heavy atom. The van der Waals surface area contributed by atoms with Gasteiger partial charge in [0.1, 0.15) is 0 Å². The van der Waals surface area contributed by atoms with Gasteiger partial charge < -0.3 is 4.57 Å². The Balaban J connectivity index is 1.32. The molecule has 2 saturated carbocycles. The van der Waals surface area contributed by atoms with Gasteiger partial charge in [0.15, 0.2) is 5.78 Å². The van der Waals surface area contributed by atoms with E-state index >= 15 is 0 Å². The molecule has 3 fully saturated rings. The monoisotopic (exact) mass is 420 g/mol. The molecule has 1 aromatic heterocycles. The Bertz CT molecular complexity index is 920. The molecule has 2 aliphatic carbocycles. The molecule has 0 radical (unpaired) electrons. The average molecular weight is 421 g/mol. The van der Waals surface area contributed by atoms with Gasteiger partial charge in [0.2, 0.25) is 5.92 Å². The van der Waals surface area contributed by atoms with E-state index in [9.17, 15) is 13.6 Å². The number of nitrogens with zero attached hydrogens (tertiary/aromatic N) is 2. The summed E-state index contributed by atoms with van der Waals surface area (Å²) in [7, 11) is 0. The second-order valence-electron chi connectivity index (χ2n) is 9.18. The fourth-order valence-corrected chi connectivity index (χ4v) is 5.31. The van der Waals surface area contributed by atoms with E-state index in [4.69, 9.17) is 11.6 Å². The smallest absolute Gasteiger partial charge is 0.248 e. The first-order valence-electron chi connectivity index (χ1n) is 10.9. The molecule has 1 aliphatic heterocycles. The highest BCUT2D eigenvalue weighted by atomic mass is 35.5. The van der Waals surface area contributed by atoms with Crippen LogP contribution < -0.4 is 0 Å². The highest BCUT2D eigenvalue weighted by Gasteiger charge is 2.39. The Kier molecular flexibility index (Phi) is 4.94. The van der Waals surface area contributed by atoms with Crippen molar-refractivity contribution < 1.29 is 13.6 Å². The molecule has 2 aromatic rings. The van der Waals surface area contributed by atoms with Crippen LogP contribution in [0, 0.1) is 5.92 Å². The standard InChI is InChI=1S/C23H27ClF2N2O/c24-19-2-1-3-20-22(19)18(14-28(20)17-12-27(13-17)16-5-6-16)21(29)7-4-15-8-10-23(25,26)11-9-15/h1-3,14-17H,4-13H2. The maximum absolute atomic E-state index is 13.4. The van der Waals surface area contributed by atoms with Crippen molar-refractivity contribution in [1.82, 2.24) is 9.47 Å². The van der Waals surface area contributed by atoms with Crippen LogP contribution in [0.25, 0.3) is 10.9 Å². The number of aromatic nitrogens is 1. The molecule has 29 heavy (non-hydrogen) atoms. The van der Waals surface area contributed by atoms with Crippen molar-refractivity contribution in [3.05, 3.63) is 35.0 Å². The zero-order valence-electron chi connectivity index (χ0n) is 16.5. The summed E-state index contributed by atoms with van der Waals surface area (Å²) in [6.07, 6.45) is 6.63. The average Bonchev–Trinajstić information content (AvgIpc) is 3.40. The number of ketones is 1. The predicted molar refractivity (Wildman–Crippen MR) is 111 cm³/mol. The number of likely N-dealkylation sites (tertiary alicyclic amines) is 1. The fraction of sp³-hybridized carbons (Fsp3) is 0.609. The van der Waals surface area contributed by atoms with Crippen molar-refractivity contribution in [2.24, 2.45) is 5.92 Å². The first-order chi connectivity index (χ1) is 13.9. The maximum atomic E-state index is 13.4. The van der Waals surface area contributed by atoms with Crippen LogP contribution in [-0.4, -0.2) is 40.3 Å². The molecule has 0 spiro atoms. The van der Waals surface area contributed by atoms with Gasteiger partial charge in [0, 0.05) is 55.5 Å². The van der Waals surface area contributed by atoms with Crippen LogP contribution in [0.4, 0.5) is 8.78 Å². The van der Waals surface area contributed by atoms with Gasteiger partial charge >= 0.3 is 0 Å². The molecule has 0 bridgehead atoms. The Morgan fingerprint density at radius 1 is 1.10 bits per heavy atom. The summed E-state index contributed by atoms with van der Waals surface area (Å²) in [4.78, 5) is 15.6. The van der Waals surface area contributed by atoms with Gasteiger partial charge in [-0.2, -0.15) is 0 Å². The number of Topliss-reactive ketones (excluding diaryl/α,β-unsaturated/α-hetero) is 1. The number of hydrogen-bond donors (Lipinski definition) is 0. The zero-order valence-corrected chi connectivity index (χ0v) is 17.3. The van der Waals surface area contributed by atoms with Gasteiger partial charge in [0.25, 0.3) is 0 Å². The van der Waals surface area contributed by atoms with E-state index in [-0.39, 0.29) is 24.5 Å². The largest absolute Gasteiger partial charge is 0.341 e. The molecular weight excluding hydrogens is 394 g/mol. The lowest BCUT2D eigenvalue weighted by atomic mass is 9.83. The van der Waals surface area contributed by atoms with E-state index in [2.05, 4.69) is 9.47 Å². The van der Waals surface area contributed by atoms with Crippen LogP contribution in [-0.2, 0) is 0 Å². The van der Waals surface area contributed by atoms with E-state index in [1.807, 2.05) is 24.4 Å². The lowest BCUT2D eigenvalue weighted by molar-refractivity contribution is -0.0464. The van der Waals surface area contributed by atoms with Gasteiger partial charge in [-0.25, -0.2) is 8.78 Å². The lowest BCUT2D eigenvalue weighted by Crippen LogP contribution is -2.48. The number of carbonyl (C=O) groups is 1. The molecule has 0 amide bonds. The molecule has 3 aliphatic rings. The minimum Gasteiger partial charge on any atom is -0.341 e. The van der Waals surface area contributed by atoms with Gasteiger partial charge in [-0.05, 0) is 50.2 Å². The summed E-state index contributed by atoms with van der Waals surface area (Å²) in [6, 6.07) is 6.97. The normalized spacial score (nSPS) is 23.4. The minimum atomic E-state index is -2.52. The predicted octanol–water partition coefficient (Wildman–Crippen LogP) is 6.10. The number of benzene rings is 1. The molecule has 156 valence electrons. The number of rotatable bonds is 6. The molecule has 5 rings (SSSR count). The van der Waals surface area contributed by atoms with E-state index in [1.54, 1.807) is 0 Å². The number of alkyl halides is 2. The van der Waals surface area contributed by atoms with Gasteiger partial charge in [-0.15, -0.1) is 0 Å². The topological polar surface area (TPSA) is 25.2 Å². The van der Waals surface area contributed by atoms with Crippen LogP contribution in [0.15, 0.2) is 24.4 Å². The summed E-state index contributed by atoms with van der Waals surface area (Å²) in [6.45, 7) is 2.07. The van der Waals surface area contributed by atoms with Crippen molar-refractivity contribution >= 4 is 28.3 Å². The third-order valence-corrected chi connectivity index (χ3v) is 7.39. The van der Waals surface area contributed by atoms with E-state index in [0.29, 0.717) is 42.3 Å². The third kappa shape index (κ3) is 3.84. The Hall–Kier alpha value is -1.46. The van der Waals surface area contributed by atoms with Crippen LogP contribution in [0.3, 0.4) is 0 Å². The highest BCUT2D eigenvalue weighted by Crippen LogP contribution is 2.40. The van der Waals surface area contributed by atoms with Crippen molar-refractivity contribution in [2.45, 2.75) is 69.4 Å². The molecule has 1 saturated heterocycles. The summed E-state index contributed by atoms with van der Waals surface area (Å²) in [5.74, 6) is -2.21. The van der Waals surface area contributed by atoms with Gasteiger partial charge in [-0.3, -0.25) is 9.69 Å². The number of hydrogen-bond acceptors (Lipinski definition) is 2. The number of carbonyl (C=O) groups excluding carboxylic acids is 1. The SMILES string of the molecule is O=C(CCC1CCC(F)(F)CC1)c1cn(C2CN(C3CC3)C2)c2cccc(Cl)c12. The Labute approximate surface area is 175 Å². The summed E-state index contributed by atoms with van der Waals surface area (Å²) < 4.78 is 29.0. The van der Waals surface area contributed by atoms with Crippen LogP contribution in [0.2, 0.25) is 5.02 Å². The van der Waals surface area contributed by atoms with Gasteiger partial charge in [0.05, 0.1) is 16.6 Å². The van der Waals surface area contributed by atoms with Crippen molar-refractivity contribution in [3.63, 3.8) is 0 Å². The molecule has 0 atom stereocenters. The lowest BCUT2D eigenvalue weighted by Gasteiger charge is -2.40. The molecule has 0 N–H and O–H groups in total. The maximum Gasteiger partial charge on any atom is 0.248 e. The molecule has 1 aromatic carbocycles. The Morgan fingerprint density at radius 3 is 2.52 bits per heavy atom. The molecular formula is C23H27ClF2N2O. The second-order valence-corrected chi connectivity index (χ2v) is 9.59. The summed E-state index contributed by atoms with van der Waals surface area (Å²) in [5.41, 5.74) is 1.72. The van der Waals surface area contributed by atoms with Crippen molar-refractivity contribution in [1.29, 1.82) is 0 Å².